The number of carbonyl (C=O) groups is 2. The lowest BCUT2D eigenvalue weighted by atomic mass is 10.1. The molecule has 10 heteroatoms. The van der Waals surface area contributed by atoms with Crippen LogP contribution in [-0.2, 0) is 19.6 Å². The molecule has 1 amide bonds. The highest BCUT2D eigenvalue weighted by Crippen LogP contribution is 2.28. The van der Waals surface area contributed by atoms with Gasteiger partial charge < -0.3 is 10.1 Å². The standard InChI is InChI=1S/C18H18Cl2N2O5S/c1-11-4-5-12(18(24)27-2)8-16(11)21-17(23)10-22(28(3,25)26)13-6-7-14(19)15(20)9-13/h4-9H,10H2,1-3H3,(H,21,23). The van der Waals surface area contributed by atoms with Gasteiger partial charge in [0.1, 0.15) is 6.54 Å². The fourth-order valence-electron chi connectivity index (χ4n) is 2.36. The van der Waals surface area contributed by atoms with Crippen LogP contribution in [0.3, 0.4) is 0 Å². The molecule has 0 aromatic heterocycles. The lowest BCUT2D eigenvalue weighted by Crippen LogP contribution is -2.37. The van der Waals surface area contributed by atoms with Crippen LogP contribution in [0, 0.1) is 6.92 Å². The minimum Gasteiger partial charge on any atom is -0.465 e. The second kappa shape index (κ2) is 8.81. The highest BCUT2D eigenvalue weighted by Gasteiger charge is 2.22. The van der Waals surface area contributed by atoms with Gasteiger partial charge in [-0.2, -0.15) is 0 Å². The van der Waals surface area contributed by atoms with Gasteiger partial charge in [-0.3, -0.25) is 9.10 Å². The second-order valence-corrected chi connectivity index (χ2v) is 8.66. The summed E-state index contributed by atoms with van der Waals surface area (Å²) in [6.45, 7) is 1.25. The molecule has 0 fully saturated rings. The third kappa shape index (κ3) is 5.37. The van der Waals surface area contributed by atoms with Crippen molar-refractivity contribution in [2.75, 3.05) is 29.5 Å². The Hall–Kier alpha value is -2.29. The summed E-state index contributed by atoms with van der Waals surface area (Å²) in [7, 11) is -2.52. The van der Waals surface area contributed by atoms with E-state index in [0.717, 1.165) is 10.6 Å². The molecule has 0 unspecified atom stereocenters. The highest BCUT2D eigenvalue weighted by atomic mass is 35.5. The summed E-state index contributed by atoms with van der Waals surface area (Å²) in [6.07, 6.45) is 0.978. The monoisotopic (exact) mass is 444 g/mol. The molecule has 2 aromatic rings. The van der Waals surface area contributed by atoms with Crippen molar-refractivity contribution in [3.63, 3.8) is 0 Å². The molecule has 28 heavy (non-hydrogen) atoms. The average molecular weight is 445 g/mol. The Morgan fingerprint density at radius 2 is 1.79 bits per heavy atom. The van der Waals surface area contributed by atoms with Gasteiger partial charge in [-0.25, -0.2) is 13.2 Å². The van der Waals surface area contributed by atoms with Crippen LogP contribution in [-0.4, -0.2) is 40.2 Å². The van der Waals surface area contributed by atoms with Crippen LogP contribution in [0.4, 0.5) is 11.4 Å². The summed E-state index contributed by atoms with van der Waals surface area (Å²) in [6, 6.07) is 8.93. The molecule has 0 heterocycles. The minimum absolute atomic E-state index is 0.162. The predicted octanol–water partition coefficient (Wildman–Crippen LogP) is 3.49. The number of halogens is 2. The molecule has 150 valence electrons. The molecule has 0 aliphatic carbocycles. The fraction of sp³-hybridized carbons (Fsp3) is 0.222. The molecule has 0 saturated carbocycles. The highest BCUT2D eigenvalue weighted by molar-refractivity contribution is 7.92. The quantitative estimate of drug-likeness (QED) is 0.688. The van der Waals surface area contributed by atoms with E-state index < -0.39 is 28.4 Å². The molecule has 1 N–H and O–H groups in total. The number of ether oxygens (including phenoxy) is 1. The Kier molecular flexibility index (Phi) is 6.92. The van der Waals surface area contributed by atoms with E-state index >= 15 is 0 Å². The van der Waals surface area contributed by atoms with Gasteiger partial charge in [0.2, 0.25) is 15.9 Å². The zero-order chi connectivity index (χ0) is 21.1. The normalized spacial score (nSPS) is 11.0. The Labute approximate surface area is 173 Å². The second-order valence-electron chi connectivity index (χ2n) is 5.94. The zero-order valence-corrected chi connectivity index (χ0v) is 17.7. The van der Waals surface area contributed by atoms with E-state index in [4.69, 9.17) is 23.2 Å². The summed E-state index contributed by atoms with van der Waals surface area (Å²) in [4.78, 5) is 24.2. The van der Waals surface area contributed by atoms with Crippen LogP contribution in [0.5, 0.6) is 0 Å². The number of benzene rings is 2. The maximum absolute atomic E-state index is 12.5. The van der Waals surface area contributed by atoms with Gasteiger partial charge in [-0.1, -0.05) is 29.3 Å². The number of rotatable bonds is 6. The molecule has 0 aliphatic rings. The van der Waals surface area contributed by atoms with Crippen molar-refractivity contribution in [3.05, 3.63) is 57.6 Å². The van der Waals surface area contributed by atoms with E-state index in [9.17, 15) is 18.0 Å². The Balaban J connectivity index is 2.28. The fourth-order valence-corrected chi connectivity index (χ4v) is 3.50. The van der Waals surface area contributed by atoms with E-state index in [1.54, 1.807) is 19.1 Å². The maximum atomic E-state index is 12.5. The van der Waals surface area contributed by atoms with Gasteiger partial charge in [0.25, 0.3) is 0 Å². The molecule has 0 atom stereocenters. The van der Waals surface area contributed by atoms with E-state index in [1.165, 1.54) is 31.4 Å². The number of methoxy groups -OCH3 is 1. The number of aryl methyl sites for hydroxylation is 1. The molecule has 2 rings (SSSR count). The first-order valence-corrected chi connectivity index (χ1v) is 10.5. The molecule has 0 saturated heterocycles. The molecular weight excluding hydrogens is 427 g/mol. The Morgan fingerprint density at radius 1 is 1.11 bits per heavy atom. The van der Waals surface area contributed by atoms with Crippen molar-refractivity contribution >= 4 is 56.5 Å². The number of anilines is 2. The Morgan fingerprint density at radius 3 is 2.36 bits per heavy atom. The molecule has 0 spiro atoms. The van der Waals surface area contributed by atoms with Crippen molar-refractivity contribution in [1.29, 1.82) is 0 Å². The SMILES string of the molecule is COC(=O)c1ccc(C)c(NC(=O)CN(c2ccc(Cl)c(Cl)c2)S(C)(=O)=O)c1. The number of nitrogens with zero attached hydrogens (tertiary/aromatic N) is 1. The van der Waals surface area contributed by atoms with Gasteiger partial charge in [0.05, 0.1) is 34.7 Å². The lowest BCUT2D eigenvalue weighted by molar-refractivity contribution is -0.114. The number of sulfonamides is 1. The molecule has 7 nitrogen and oxygen atoms in total. The van der Waals surface area contributed by atoms with Crippen molar-refractivity contribution in [2.45, 2.75) is 6.92 Å². The average Bonchev–Trinajstić information content (AvgIpc) is 2.62. The lowest BCUT2D eigenvalue weighted by Gasteiger charge is -2.22. The van der Waals surface area contributed by atoms with Crippen LogP contribution < -0.4 is 9.62 Å². The number of amides is 1. The smallest absolute Gasteiger partial charge is 0.337 e. The summed E-state index contributed by atoms with van der Waals surface area (Å²) >= 11 is 11.8. The van der Waals surface area contributed by atoms with E-state index in [2.05, 4.69) is 10.1 Å². The number of carbonyl (C=O) groups excluding carboxylic acids is 2. The third-order valence-corrected chi connectivity index (χ3v) is 5.69. The summed E-state index contributed by atoms with van der Waals surface area (Å²) in [5, 5.41) is 3.04. The van der Waals surface area contributed by atoms with Crippen LogP contribution >= 0.6 is 23.2 Å². The van der Waals surface area contributed by atoms with Gasteiger partial charge in [-0.15, -0.1) is 0 Å². The number of hydrogen-bond acceptors (Lipinski definition) is 5. The molecule has 2 aromatic carbocycles. The summed E-state index contributed by atoms with van der Waals surface area (Å²) in [5.41, 5.74) is 1.52. The largest absolute Gasteiger partial charge is 0.465 e. The summed E-state index contributed by atoms with van der Waals surface area (Å²) in [5.74, 6) is -1.15. The minimum atomic E-state index is -3.77. The zero-order valence-electron chi connectivity index (χ0n) is 15.3. The van der Waals surface area contributed by atoms with E-state index in [1.807, 2.05) is 0 Å². The van der Waals surface area contributed by atoms with E-state index in [0.29, 0.717) is 11.3 Å². The van der Waals surface area contributed by atoms with Gasteiger partial charge in [0.15, 0.2) is 0 Å². The van der Waals surface area contributed by atoms with Crippen molar-refractivity contribution in [1.82, 2.24) is 0 Å². The number of esters is 1. The van der Waals surface area contributed by atoms with Gasteiger partial charge >= 0.3 is 5.97 Å². The first-order chi connectivity index (χ1) is 13.0. The Bertz CT molecular complexity index is 1020. The van der Waals surface area contributed by atoms with Crippen LogP contribution in [0.25, 0.3) is 0 Å². The van der Waals surface area contributed by atoms with Crippen molar-refractivity contribution < 1.29 is 22.7 Å². The molecule has 0 bridgehead atoms. The molecular formula is C18H18Cl2N2O5S. The van der Waals surface area contributed by atoms with Crippen LogP contribution in [0.15, 0.2) is 36.4 Å². The topological polar surface area (TPSA) is 92.8 Å². The number of hydrogen-bond donors (Lipinski definition) is 1. The number of nitrogens with one attached hydrogen (secondary N) is 1. The predicted molar refractivity (Wildman–Crippen MR) is 110 cm³/mol. The maximum Gasteiger partial charge on any atom is 0.337 e. The van der Waals surface area contributed by atoms with Gasteiger partial charge in [0, 0.05) is 5.69 Å². The van der Waals surface area contributed by atoms with Gasteiger partial charge in [-0.05, 0) is 42.8 Å². The third-order valence-electron chi connectivity index (χ3n) is 3.81. The molecule has 0 aliphatic heterocycles. The molecule has 0 radical (unpaired) electrons. The first kappa shape index (κ1) is 22.0. The van der Waals surface area contributed by atoms with Crippen molar-refractivity contribution in [2.24, 2.45) is 0 Å². The van der Waals surface area contributed by atoms with Crippen molar-refractivity contribution in [3.8, 4) is 0 Å². The summed E-state index contributed by atoms with van der Waals surface area (Å²) < 4.78 is 29.9. The van der Waals surface area contributed by atoms with Crippen LogP contribution in [0.2, 0.25) is 10.0 Å². The first-order valence-electron chi connectivity index (χ1n) is 7.94. The van der Waals surface area contributed by atoms with E-state index in [-0.39, 0.29) is 21.3 Å². The van der Waals surface area contributed by atoms with Crippen LogP contribution in [0.1, 0.15) is 15.9 Å².